The molecule has 0 N–H and O–H groups in total. The molecular formula is C11H11F3O5S. The number of benzene rings is 1. The molecule has 5 nitrogen and oxygen atoms in total. The smallest absolute Gasteiger partial charge is 0.469 e. The summed E-state index contributed by atoms with van der Waals surface area (Å²) in [5.41, 5.74) is -5.07. The summed E-state index contributed by atoms with van der Waals surface area (Å²) in [4.78, 5) is 11.0. The molecular weight excluding hydrogens is 301 g/mol. The Morgan fingerprint density at radius 3 is 2.30 bits per heavy atom. The van der Waals surface area contributed by atoms with Crippen LogP contribution in [-0.2, 0) is 26.1 Å². The van der Waals surface area contributed by atoms with Gasteiger partial charge in [-0.2, -0.15) is 21.6 Å². The Labute approximate surface area is 114 Å². The number of ether oxygens (including phenoxy) is 1. The van der Waals surface area contributed by atoms with Crippen LogP contribution >= 0.6 is 0 Å². The summed E-state index contributed by atoms with van der Waals surface area (Å²) in [5.74, 6) is -1.27. The second-order valence-electron chi connectivity index (χ2n) is 3.56. The Morgan fingerprint density at radius 2 is 1.85 bits per heavy atom. The number of aryl methyl sites for hydroxylation is 1. The van der Waals surface area contributed by atoms with E-state index in [-0.39, 0.29) is 6.42 Å². The van der Waals surface area contributed by atoms with E-state index < -0.39 is 33.7 Å². The first-order valence-electron chi connectivity index (χ1n) is 5.74. The van der Waals surface area contributed by atoms with Gasteiger partial charge >= 0.3 is 21.6 Å². The van der Waals surface area contributed by atoms with Gasteiger partial charge in [-0.1, -0.05) is 12.1 Å². The SMILES string of the molecule is [2H]C(Cc1ccc(OS(=O)(=O)C(F)(F)F)cc1)C(=O)OC. The molecule has 0 aromatic heterocycles. The number of alkyl halides is 3. The Kier molecular flexibility index (Phi) is 4.48. The molecule has 0 heterocycles. The minimum absolute atomic E-state index is 0.0288. The minimum atomic E-state index is -5.72. The molecule has 20 heavy (non-hydrogen) atoms. The lowest BCUT2D eigenvalue weighted by Gasteiger charge is -2.09. The molecule has 0 saturated heterocycles. The third-order valence-electron chi connectivity index (χ3n) is 2.12. The van der Waals surface area contributed by atoms with Crippen molar-refractivity contribution in [1.29, 1.82) is 0 Å². The fourth-order valence-corrected chi connectivity index (χ4v) is 1.60. The van der Waals surface area contributed by atoms with Crippen molar-refractivity contribution in [3.8, 4) is 5.75 Å². The monoisotopic (exact) mass is 313 g/mol. The van der Waals surface area contributed by atoms with E-state index in [9.17, 15) is 26.4 Å². The first-order chi connectivity index (χ1) is 9.56. The molecule has 1 rings (SSSR count). The number of hydrogen-bond acceptors (Lipinski definition) is 5. The summed E-state index contributed by atoms with van der Waals surface area (Å²) in [7, 11) is -4.59. The molecule has 0 saturated carbocycles. The van der Waals surface area contributed by atoms with Gasteiger partial charge in [0, 0.05) is 7.77 Å². The van der Waals surface area contributed by atoms with Gasteiger partial charge in [-0.05, 0) is 24.1 Å². The molecule has 1 aromatic rings. The first-order valence-corrected chi connectivity index (χ1v) is 6.57. The van der Waals surface area contributed by atoms with E-state index in [4.69, 9.17) is 1.37 Å². The van der Waals surface area contributed by atoms with Gasteiger partial charge in [0.15, 0.2) is 0 Å². The third kappa shape index (κ3) is 4.41. The van der Waals surface area contributed by atoms with Crippen LogP contribution in [0, 0.1) is 0 Å². The van der Waals surface area contributed by atoms with Gasteiger partial charge in [0.2, 0.25) is 0 Å². The van der Waals surface area contributed by atoms with Crippen LogP contribution in [-0.4, -0.2) is 27.0 Å². The maximum Gasteiger partial charge on any atom is 0.534 e. The summed E-state index contributed by atoms with van der Waals surface area (Å²) in [6.45, 7) is 0. The molecule has 112 valence electrons. The summed E-state index contributed by atoms with van der Waals surface area (Å²) in [6, 6.07) is 4.52. The zero-order valence-electron chi connectivity index (χ0n) is 11.2. The zero-order chi connectivity index (χ0) is 16.3. The van der Waals surface area contributed by atoms with E-state index >= 15 is 0 Å². The molecule has 1 aromatic carbocycles. The molecule has 1 unspecified atom stereocenters. The number of methoxy groups -OCH3 is 1. The van der Waals surface area contributed by atoms with Crippen molar-refractivity contribution in [3.05, 3.63) is 29.8 Å². The molecule has 0 fully saturated rings. The van der Waals surface area contributed by atoms with Crippen LogP contribution in [0.2, 0.25) is 0 Å². The van der Waals surface area contributed by atoms with Gasteiger partial charge < -0.3 is 8.92 Å². The number of carbonyl (C=O) groups excluding carboxylic acids is 1. The highest BCUT2D eigenvalue weighted by atomic mass is 32.2. The van der Waals surface area contributed by atoms with Crippen LogP contribution in [0.15, 0.2) is 24.3 Å². The highest BCUT2D eigenvalue weighted by Gasteiger charge is 2.48. The fourth-order valence-electron chi connectivity index (χ4n) is 1.14. The maximum atomic E-state index is 12.1. The summed E-state index contributed by atoms with van der Waals surface area (Å²) in [5, 5.41) is 0. The van der Waals surface area contributed by atoms with Gasteiger partial charge in [-0.25, -0.2) is 0 Å². The maximum absolute atomic E-state index is 12.1. The van der Waals surface area contributed by atoms with E-state index in [0.29, 0.717) is 5.56 Å². The van der Waals surface area contributed by atoms with E-state index in [0.717, 1.165) is 19.2 Å². The highest BCUT2D eigenvalue weighted by molar-refractivity contribution is 7.87. The van der Waals surface area contributed by atoms with Crippen molar-refractivity contribution in [2.45, 2.75) is 18.3 Å². The molecule has 0 aliphatic carbocycles. The summed E-state index contributed by atoms with van der Waals surface area (Å²) < 4.78 is 73.6. The van der Waals surface area contributed by atoms with E-state index in [1.54, 1.807) is 0 Å². The minimum Gasteiger partial charge on any atom is -0.469 e. The van der Waals surface area contributed by atoms with Crippen molar-refractivity contribution in [1.82, 2.24) is 0 Å². The summed E-state index contributed by atoms with van der Waals surface area (Å²) in [6.07, 6.45) is -1.21. The third-order valence-corrected chi connectivity index (χ3v) is 3.10. The molecule has 0 aliphatic rings. The average Bonchev–Trinajstić information content (AvgIpc) is 2.38. The van der Waals surface area contributed by atoms with Gasteiger partial charge in [0.25, 0.3) is 0 Å². The Hall–Kier alpha value is -1.77. The number of rotatable bonds is 5. The average molecular weight is 313 g/mol. The fraction of sp³-hybridized carbons (Fsp3) is 0.364. The van der Waals surface area contributed by atoms with Crippen molar-refractivity contribution >= 4 is 16.1 Å². The molecule has 0 bridgehead atoms. The molecule has 1 atom stereocenters. The second-order valence-corrected chi connectivity index (χ2v) is 5.10. The van der Waals surface area contributed by atoms with Gasteiger partial charge in [0.1, 0.15) is 5.75 Å². The van der Waals surface area contributed by atoms with Crippen LogP contribution in [0.1, 0.15) is 13.3 Å². The Bertz CT molecular complexity index is 597. The summed E-state index contributed by atoms with van der Waals surface area (Å²) >= 11 is 0. The molecule has 9 heteroatoms. The lowest BCUT2D eigenvalue weighted by molar-refractivity contribution is -0.140. The standard InChI is InChI=1S/C11H11F3O5S/c1-18-10(15)7-4-8-2-5-9(6-3-8)19-20(16,17)11(12,13)14/h2-3,5-6H,4,7H2,1H3/i7D. The Balaban J connectivity index is 2.78. The molecule has 0 spiro atoms. The number of esters is 1. The quantitative estimate of drug-likeness (QED) is 0.472. The molecule has 0 radical (unpaired) electrons. The predicted octanol–water partition coefficient (Wildman–Crippen LogP) is 2.02. The number of hydrogen-bond donors (Lipinski definition) is 0. The highest BCUT2D eigenvalue weighted by Crippen LogP contribution is 2.27. The lowest BCUT2D eigenvalue weighted by atomic mass is 10.1. The van der Waals surface area contributed by atoms with E-state index in [2.05, 4.69) is 8.92 Å². The lowest BCUT2D eigenvalue weighted by Crippen LogP contribution is -2.28. The van der Waals surface area contributed by atoms with Crippen molar-refractivity contribution < 1.29 is 36.7 Å². The van der Waals surface area contributed by atoms with Crippen molar-refractivity contribution in [3.63, 3.8) is 0 Å². The number of carbonyl (C=O) groups is 1. The van der Waals surface area contributed by atoms with E-state index in [1.165, 1.54) is 12.1 Å². The zero-order valence-corrected chi connectivity index (χ0v) is 11.0. The van der Waals surface area contributed by atoms with Crippen LogP contribution < -0.4 is 4.18 Å². The van der Waals surface area contributed by atoms with Crippen LogP contribution in [0.4, 0.5) is 13.2 Å². The van der Waals surface area contributed by atoms with Crippen LogP contribution in [0.5, 0.6) is 5.75 Å². The first kappa shape index (κ1) is 14.6. The number of halogens is 3. The molecule has 0 aliphatic heterocycles. The van der Waals surface area contributed by atoms with Gasteiger partial charge in [-0.15, -0.1) is 0 Å². The van der Waals surface area contributed by atoms with Gasteiger partial charge in [-0.3, -0.25) is 4.79 Å². The predicted molar refractivity (Wildman–Crippen MR) is 62.4 cm³/mol. The van der Waals surface area contributed by atoms with Crippen molar-refractivity contribution in [2.75, 3.05) is 7.11 Å². The van der Waals surface area contributed by atoms with Crippen LogP contribution in [0.25, 0.3) is 0 Å². The van der Waals surface area contributed by atoms with Crippen molar-refractivity contribution in [2.24, 2.45) is 0 Å². The second kappa shape index (κ2) is 6.12. The van der Waals surface area contributed by atoms with Crippen LogP contribution in [0.3, 0.4) is 0 Å². The normalized spacial score (nSPS) is 14.3. The Morgan fingerprint density at radius 1 is 1.30 bits per heavy atom. The largest absolute Gasteiger partial charge is 0.534 e. The van der Waals surface area contributed by atoms with Gasteiger partial charge in [0.05, 0.1) is 7.11 Å². The van der Waals surface area contributed by atoms with E-state index in [1.807, 2.05) is 0 Å². The topological polar surface area (TPSA) is 69.7 Å². The molecule has 0 amide bonds.